The van der Waals surface area contributed by atoms with Crippen molar-refractivity contribution in [3.8, 4) is 0 Å². The zero-order valence-corrected chi connectivity index (χ0v) is 12.6. The first kappa shape index (κ1) is 14.6. The molecule has 2 unspecified atom stereocenters. The van der Waals surface area contributed by atoms with Crippen molar-refractivity contribution in [2.45, 2.75) is 25.3 Å². The minimum absolute atomic E-state index is 0.217. The van der Waals surface area contributed by atoms with E-state index in [9.17, 15) is 4.79 Å². The van der Waals surface area contributed by atoms with Gasteiger partial charge >= 0.3 is 6.03 Å². The molecule has 0 radical (unpaired) electrons. The fraction of sp³-hybridized carbons (Fsp3) is 0.929. The lowest BCUT2D eigenvalue weighted by Gasteiger charge is -2.35. The third-order valence-corrected chi connectivity index (χ3v) is 4.54. The lowest BCUT2D eigenvalue weighted by Crippen LogP contribution is -2.44. The van der Waals surface area contributed by atoms with Gasteiger partial charge in [-0.2, -0.15) is 0 Å². The number of likely N-dealkylation sites (tertiary alicyclic amines) is 1. The number of carbonyl (C=O) groups is 1. The van der Waals surface area contributed by atoms with Crippen LogP contribution < -0.4 is 5.32 Å². The molecule has 2 rings (SSSR count). The fourth-order valence-electron chi connectivity index (χ4n) is 3.41. The van der Waals surface area contributed by atoms with Crippen molar-refractivity contribution in [1.82, 2.24) is 20.0 Å². The number of carbonyl (C=O) groups excluding carboxylic acids is 1. The van der Waals surface area contributed by atoms with Crippen LogP contribution in [-0.4, -0.2) is 80.6 Å². The monoisotopic (exact) mass is 268 g/mol. The van der Waals surface area contributed by atoms with Crippen LogP contribution in [0.5, 0.6) is 0 Å². The summed E-state index contributed by atoms with van der Waals surface area (Å²) in [7, 11) is 6.12. The maximum Gasteiger partial charge on any atom is 0.320 e. The highest BCUT2D eigenvalue weighted by atomic mass is 16.2. The van der Waals surface area contributed by atoms with Crippen LogP contribution in [-0.2, 0) is 0 Å². The van der Waals surface area contributed by atoms with E-state index in [1.807, 2.05) is 23.9 Å². The first-order valence-corrected chi connectivity index (χ1v) is 7.48. The quantitative estimate of drug-likeness (QED) is 0.745. The number of nitrogens with one attached hydrogen (secondary N) is 1. The van der Waals surface area contributed by atoms with Crippen LogP contribution in [0.15, 0.2) is 0 Å². The van der Waals surface area contributed by atoms with Crippen molar-refractivity contribution >= 4 is 6.03 Å². The van der Waals surface area contributed by atoms with Crippen molar-refractivity contribution in [2.75, 3.05) is 53.9 Å². The van der Waals surface area contributed by atoms with E-state index in [2.05, 4.69) is 17.3 Å². The third-order valence-electron chi connectivity index (χ3n) is 4.54. The molecule has 2 saturated heterocycles. The van der Waals surface area contributed by atoms with Gasteiger partial charge in [-0.25, -0.2) is 4.79 Å². The number of likely N-dealkylation sites (N-methyl/N-ethyl adjacent to an activating group) is 1. The van der Waals surface area contributed by atoms with Gasteiger partial charge in [0.1, 0.15) is 0 Å². The minimum atomic E-state index is 0.217. The molecule has 19 heavy (non-hydrogen) atoms. The Hall–Kier alpha value is -0.810. The molecule has 0 saturated carbocycles. The molecule has 2 atom stereocenters. The van der Waals surface area contributed by atoms with Crippen LogP contribution in [0.25, 0.3) is 0 Å². The van der Waals surface area contributed by atoms with Crippen molar-refractivity contribution in [3.63, 3.8) is 0 Å². The molecule has 2 aliphatic heterocycles. The molecule has 1 N–H and O–H groups in total. The topological polar surface area (TPSA) is 38.8 Å². The summed E-state index contributed by atoms with van der Waals surface area (Å²) < 4.78 is 0. The number of hydrogen-bond donors (Lipinski definition) is 1. The van der Waals surface area contributed by atoms with Gasteiger partial charge in [0.15, 0.2) is 0 Å². The molecule has 2 fully saturated rings. The molecule has 0 aromatic rings. The standard InChI is InChI=1S/C14H28N4O/c1-15-7-5-9-18-11-13(17(3)14(18)19)12-6-4-8-16(2)10-12/h12-13,15H,4-11H2,1-3H3. The summed E-state index contributed by atoms with van der Waals surface area (Å²) in [6.45, 7) is 5.10. The van der Waals surface area contributed by atoms with E-state index >= 15 is 0 Å². The number of piperidine rings is 1. The Balaban J connectivity index is 1.90. The van der Waals surface area contributed by atoms with Crippen LogP contribution in [0.1, 0.15) is 19.3 Å². The van der Waals surface area contributed by atoms with Gasteiger partial charge in [0.25, 0.3) is 0 Å². The van der Waals surface area contributed by atoms with E-state index in [0.29, 0.717) is 12.0 Å². The first-order chi connectivity index (χ1) is 9.13. The van der Waals surface area contributed by atoms with Crippen molar-refractivity contribution < 1.29 is 4.79 Å². The van der Waals surface area contributed by atoms with E-state index in [-0.39, 0.29) is 6.03 Å². The van der Waals surface area contributed by atoms with Gasteiger partial charge < -0.3 is 20.0 Å². The number of nitrogens with zero attached hydrogens (tertiary/aromatic N) is 3. The zero-order chi connectivity index (χ0) is 13.8. The largest absolute Gasteiger partial charge is 0.323 e. The highest BCUT2D eigenvalue weighted by Gasteiger charge is 2.39. The Morgan fingerprint density at radius 1 is 1.32 bits per heavy atom. The fourth-order valence-corrected chi connectivity index (χ4v) is 3.41. The van der Waals surface area contributed by atoms with Crippen LogP contribution in [0, 0.1) is 5.92 Å². The Morgan fingerprint density at radius 2 is 2.11 bits per heavy atom. The van der Waals surface area contributed by atoms with Crippen molar-refractivity contribution in [1.29, 1.82) is 0 Å². The van der Waals surface area contributed by atoms with E-state index in [0.717, 1.165) is 32.6 Å². The van der Waals surface area contributed by atoms with Crippen LogP contribution in [0.4, 0.5) is 4.79 Å². The number of urea groups is 1. The number of amides is 2. The highest BCUT2D eigenvalue weighted by molar-refractivity contribution is 5.76. The molecule has 2 heterocycles. The van der Waals surface area contributed by atoms with E-state index in [1.54, 1.807) is 0 Å². The van der Waals surface area contributed by atoms with Gasteiger partial charge in [-0.1, -0.05) is 0 Å². The molecule has 110 valence electrons. The molecule has 2 amide bonds. The van der Waals surface area contributed by atoms with Gasteiger partial charge in [-0.15, -0.1) is 0 Å². The van der Waals surface area contributed by atoms with Gasteiger partial charge in [0.2, 0.25) is 0 Å². The van der Waals surface area contributed by atoms with Crippen LogP contribution in [0.3, 0.4) is 0 Å². The van der Waals surface area contributed by atoms with E-state index < -0.39 is 0 Å². The summed E-state index contributed by atoms with van der Waals surface area (Å²) in [6, 6.07) is 0.624. The Morgan fingerprint density at radius 3 is 2.79 bits per heavy atom. The first-order valence-electron chi connectivity index (χ1n) is 7.48. The predicted octanol–water partition coefficient (Wildman–Crippen LogP) is 0.674. The summed E-state index contributed by atoms with van der Waals surface area (Å²) in [5.74, 6) is 0.641. The molecular weight excluding hydrogens is 240 g/mol. The summed E-state index contributed by atoms with van der Waals surface area (Å²) >= 11 is 0. The number of rotatable bonds is 5. The van der Waals surface area contributed by atoms with Crippen molar-refractivity contribution in [3.05, 3.63) is 0 Å². The van der Waals surface area contributed by atoms with Gasteiger partial charge in [0.05, 0.1) is 6.04 Å². The lowest BCUT2D eigenvalue weighted by molar-refractivity contribution is 0.141. The second kappa shape index (κ2) is 6.57. The lowest BCUT2D eigenvalue weighted by atomic mass is 9.90. The molecule has 0 aromatic heterocycles. The smallest absolute Gasteiger partial charge is 0.320 e. The van der Waals surface area contributed by atoms with Gasteiger partial charge in [-0.05, 0) is 52.4 Å². The summed E-state index contributed by atoms with van der Waals surface area (Å²) in [5.41, 5.74) is 0. The molecule has 5 heteroatoms. The Bertz CT molecular complexity index is 310. The second-order valence-corrected chi connectivity index (χ2v) is 6.03. The maximum absolute atomic E-state index is 12.3. The van der Waals surface area contributed by atoms with Gasteiger partial charge in [0, 0.05) is 26.7 Å². The molecule has 0 bridgehead atoms. The summed E-state index contributed by atoms with van der Waals surface area (Å²) in [6.07, 6.45) is 3.56. The normalized spacial score (nSPS) is 29.3. The van der Waals surface area contributed by atoms with E-state index in [4.69, 9.17) is 0 Å². The highest BCUT2D eigenvalue weighted by Crippen LogP contribution is 2.27. The average Bonchev–Trinajstić information content (AvgIpc) is 2.67. The number of hydrogen-bond acceptors (Lipinski definition) is 3. The molecule has 0 spiro atoms. The predicted molar refractivity (Wildman–Crippen MR) is 77.3 cm³/mol. The zero-order valence-electron chi connectivity index (χ0n) is 12.6. The van der Waals surface area contributed by atoms with Crippen LogP contribution in [0.2, 0.25) is 0 Å². The molecular formula is C14H28N4O. The molecule has 2 aliphatic rings. The Labute approximate surface area is 116 Å². The molecule has 0 aliphatic carbocycles. The van der Waals surface area contributed by atoms with Crippen molar-refractivity contribution in [2.24, 2.45) is 5.92 Å². The van der Waals surface area contributed by atoms with E-state index in [1.165, 1.54) is 19.4 Å². The van der Waals surface area contributed by atoms with Crippen LogP contribution >= 0.6 is 0 Å². The minimum Gasteiger partial charge on any atom is -0.323 e. The summed E-state index contributed by atoms with van der Waals surface area (Å²) in [4.78, 5) is 18.7. The maximum atomic E-state index is 12.3. The molecule has 0 aromatic carbocycles. The average molecular weight is 268 g/mol. The molecule has 5 nitrogen and oxygen atoms in total. The SMILES string of the molecule is CNCCCN1CC(C2CCCN(C)C2)N(C)C1=O. The van der Waals surface area contributed by atoms with Gasteiger partial charge in [-0.3, -0.25) is 0 Å². The summed E-state index contributed by atoms with van der Waals surface area (Å²) in [5, 5.41) is 3.14. The second-order valence-electron chi connectivity index (χ2n) is 6.03. The Kier molecular flexibility index (Phi) is 5.05. The third kappa shape index (κ3) is 3.39.